The molecule has 1 unspecified atom stereocenters. The Morgan fingerprint density at radius 2 is 2.22 bits per heavy atom. The van der Waals surface area contributed by atoms with E-state index in [1.54, 1.807) is 0 Å². The molecule has 2 N–H and O–H groups in total. The maximum atomic E-state index is 5.67. The summed E-state index contributed by atoms with van der Waals surface area (Å²) >= 11 is 3.68. The van der Waals surface area contributed by atoms with E-state index >= 15 is 0 Å². The van der Waals surface area contributed by atoms with Gasteiger partial charge in [-0.05, 0) is 60.6 Å². The molecule has 100 valence electrons. The third-order valence-corrected chi connectivity index (χ3v) is 4.15. The minimum absolute atomic E-state index is 0.597. The second-order valence-electron chi connectivity index (χ2n) is 5.24. The third-order valence-electron chi connectivity index (χ3n) is 3.51. The van der Waals surface area contributed by atoms with Gasteiger partial charge < -0.3 is 15.5 Å². The molecule has 0 spiro atoms. The number of benzene rings is 1. The first kappa shape index (κ1) is 13.8. The van der Waals surface area contributed by atoms with Crippen LogP contribution in [0.3, 0.4) is 0 Å². The largest absolute Gasteiger partial charge is 0.366 e. The van der Waals surface area contributed by atoms with Crippen LogP contribution in [0.1, 0.15) is 18.4 Å². The fraction of sp³-hybridized carbons (Fsp3) is 0.571. The van der Waals surface area contributed by atoms with Crippen molar-refractivity contribution in [2.75, 3.05) is 32.1 Å². The quantitative estimate of drug-likeness (QED) is 0.927. The summed E-state index contributed by atoms with van der Waals surface area (Å²) in [5, 5.41) is 0. The molecule has 1 aromatic rings. The molecule has 0 saturated carbocycles. The number of halogens is 1. The van der Waals surface area contributed by atoms with Crippen molar-refractivity contribution in [1.29, 1.82) is 0 Å². The Hall–Kier alpha value is -0.580. The van der Waals surface area contributed by atoms with Crippen LogP contribution in [-0.4, -0.2) is 38.1 Å². The second-order valence-corrected chi connectivity index (χ2v) is 6.10. The highest BCUT2D eigenvalue weighted by molar-refractivity contribution is 9.10. The first-order valence-electron chi connectivity index (χ1n) is 6.51. The van der Waals surface area contributed by atoms with Crippen LogP contribution in [0.15, 0.2) is 22.7 Å². The van der Waals surface area contributed by atoms with Gasteiger partial charge in [-0.15, -0.1) is 0 Å². The van der Waals surface area contributed by atoms with Crippen LogP contribution in [0.25, 0.3) is 0 Å². The molecule has 0 bridgehead atoms. The molecule has 0 radical (unpaired) electrons. The predicted molar refractivity (Wildman–Crippen MR) is 81.0 cm³/mol. The van der Waals surface area contributed by atoms with Crippen molar-refractivity contribution in [2.45, 2.75) is 25.4 Å². The molecule has 0 aliphatic carbocycles. The number of rotatable bonds is 4. The molecule has 2 rings (SSSR count). The van der Waals surface area contributed by atoms with Gasteiger partial charge >= 0.3 is 0 Å². The van der Waals surface area contributed by atoms with Crippen molar-refractivity contribution in [3.05, 3.63) is 28.2 Å². The van der Waals surface area contributed by atoms with Gasteiger partial charge in [0.05, 0.1) is 5.69 Å². The lowest BCUT2D eigenvalue weighted by atomic mass is 10.1. The Labute approximate surface area is 118 Å². The van der Waals surface area contributed by atoms with Crippen molar-refractivity contribution < 1.29 is 0 Å². The van der Waals surface area contributed by atoms with E-state index in [-0.39, 0.29) is 0 Å². The van der Waals surface area contributed by atoms with Crippen LogP contribution >= 0.6 is 15.9 Å². The van der Waals surface area contributed by atoms with Crippen LogP contribution in [0.4, 0.5) is 5.69 Å². The SMILES string of the molecule is CN(C)CC1CCCN1c1ccc(CN)cc1Br. The van der Waals surface area contributed by atoms with Gasteiger partial charge in [-0.1, -0.05) is 6.07 Å². The molecule has 1 atom stereocenters. The molecule has 1 aromatic carbocycles. The number of anilines is 1. The number of hydrogen-bond acceptors (Lipinski definition) is 3. The maximum absolute atomic E-state index is 5.67. The molecule has 1 heterocycles. The standard InChI is InChI=1S/C14H22BrN3/c1-17(2)10-12-4-3-7-18(12)14-6-5-11(9-16)8-13(14)15/h5-6,8,12H,3-4,7,9-10,16H2,1-2H3. The highest BCUT2D eigenvalue weighted by Crippen LogP contribution is 2.32. The summed E-state index contributed by atoms with van der Waals surface area (Å²) in [4.78, 5) is 4.79. The van der Waals surface area contributed by atoms with Crippen LogP contribution in [0.2, 0.25) is 0 Å². The van der Waals surface area contributed by atoms with Crippen molar-refractivity contribution in [3.8, 4) is 0 Å². The van der Waals surface area contributed by atoms with Gasteiger partial charge in [0.2, 0.25) is 0 Å². The average Bonchev–Trinajstić information content (AvgIpc) is 2.76. The number of nitrogens with zero attached hydrogens (tertiary/aromatic N) is 2. The highest BCUT2D eigenvalue weighted by atomic mass is 79.9. The van der Waals surface area contributed by atoms with Crippen molar-refractivity contribution in [2.24, 2.45) is 5.73 Å². The fourth-order valence-corrected chi connectivity index (χ4v) is 3.33. The summed E-state index contributed by atoms with van der Waals surface area (Å²) in [6, 6.07) is 7.09. The van der Waals surface area contributed by atoms with E-state index in [0.717, 1.165) is 17.6 Å². The molecule has 1 fully saturated rings. The van der Waals surface area contributed by atoms with Gasteiger partial charge in [-0.25, -0.2) is 0 Å². The lowest BCUT2D eigenvalue weighted by Gasteiger charge is -2.30. The zero-order valence-electron chi connectivity index (χ0n) is 11.2. The zero-order chi connectivity index (χ0) is 13.1. The molecule has 1 aliphatic heterocycles. The van der Waals surface area contributed by atoms with E-state index in [1.165, 1.54) is 24.1 Å². The highest BCUT2D eigenvalue weighted by Gasteiger charge is 2.26. The van der Waals surface area contributed by atoms with Gasteiger partial charge in [0.25, 0.3) is 0 Å². The molecule has 0 aromatic heterocycles. The summed E-state index contributed by atoms with van der Waals surface area (Å²) in [7, 11) is 4.28. The summed E-state index contributed by atoms with van der Waals surface area (Å²) in [6.07, 6.45) is 2.56. The second kappa shape index (κ2) is 6.04. The smallest absolute Gasteiger partial charge is 0.0513 e. The van der Waals surface area contributed by atoms with Crippen LogP contribution < -0.4 is 10.6 Å². The van der Waals surface area contributed by atoms with Crippen LogP contribution in [0.5, 0.6) is 0 Å². The number of nitrogens with two attached hydrogens (primary N) is 1. The minimum atomic E-state index is 0.597. The van der Waals surface area contributed by atoms with Crippen LogP contribution in [-0.2, 0) is 6.54 Å². The van der Waals surface area contributed by atoms with Gasteiger partial charge in [0.1, 0.15) is 0 Å². The van der Waals surface area contributed by atoms with Gasteiger partial charge in [0.15, 0.2) is 0 Å². The van der Waals surface area contributed by atoms with Gasteiger partial charge in [0, 0.05) is 30.1 Å². The molecular weight excluding hydrogens is 290 g/mol. The molecular formula is C14H22BrN3. The van der Waals surface area contributed by atoms with Crippen molar-refractivity contribution in [1.82, 2.24) is 4.90 Å². The Bertz CT molecular complexity index is 406. The third kappa shape index (κ3) is 3.05. The van der Waals surface area contributed by atoms with E-state index < -0.39 is 0 Å². The monoisotopic (exact) mass is 311 g/mol. The Balaban J connectivity index is 2.19. The van der Waals surface area contributed by atoms with E-state index in [2.05, 4.69) is 58.0 Å². The molecule has 4 heteroatoms. The summed E-state index contributed by atoms with van der Waals surface area (Å²) in [5.41, 5.74) is 8.15. The van der Waals surface area contributed by atoms with Crippen molar-refractivity contribution in [3.63, 3.8) is 0 Å². The Morgan fingerprint density at radius 3 is 2.83 bits per heavy atom. The lowest BCUT2D eigenvalue weighted by molar-refractivity contribution is 0.372. The van der Waals surface area contributed by atoms with E-state index in [4.69, 9.17) is 5.73 Å². The van der Waals surface area contributed by atoms with Gasteiger partial charge in [-0.3, -0.25) is 0 Å². The zero-order valence-corrected chi connectivity index (χ0v) is 12.8. The summed E-state index contributed by atoms with van der Waals surface area (Å²) in [5.74, 6) is 0. The lowest BCUT2D eigenvalue weighted by Crippen LogP contribution is -2.37. The van der Waals surface area contributed by atoms with Gasteiger partial charge in [-0.2, -0.15) is 0 Å². The topological polar surface area (TPSA) is 32.5 Å². The summed E-state index contributed by atoms with van der Waals surface area (Å²) in [6.45, 7) is 2.87. The van der Waals surface area contributed by atoms with Crippen LogP contribution in [0, 0.1) is 0 Å². The van der Waals surface area contributed by atoms with E-state index in [1.807, 2.05) is 0 Å². The predicted octanol–water partition coefficient (Wildman–Crippen LogP) is 2.44. The van der Waals surface area contributed by atoms with Crippen molar-refractivity contribution >= 4 is 21.6 Å². The minimum Gasteiger partial charge on any atom is -0.366 e. The fourth-order valence-electron chi connectivity index (χ4n) is 2.67. The molecule has 0 amide bonds. The molecule has 18 heavy (non-hydrogen) atoms. The average molecular weight is 312 g/mol. The Morgan fingerprint density at radius 1 is 1.44 bits per heavy atom. The molecule has 1 aliphatic rings. The van der Waals surface area contributed by atoms with E-state index in [0.29, 0.717) is 12.6 Å². The number of hydrogen-bond donors (Lipinski definition) is 1. The first-order chi connectivity index (χ1) is 8.61. The van der Waals surface area contributed by atoms with E-state index in [9.17, 15) is 0 Å². The maximum Gasteiger partial charge on any atom is 0.0513 e. The summed E-state index contributed by atoms with van der Waals surface area (Å²) < 4.78 is 1.16. The first-order valence-corrected chi connectivity index (χ1v) is 7.31. The normalized spacial score (nSPS) is 19.8. The molecule has 3 nitrogen and oxygen atoms in total. The Kier molecular flexibility index (Phi) is 4.65. The molecule has 1 saturated heterocycles. The number of likely N-dealkylation sites (N-methyl/N-ethyl adjacent to an activating group) is 1.